The molecule has 9 nitrogen and oxygen atoms in total. The highest BCUT2D eigenvalue weighted by Gasteiger charge is 2.32. The summed E-state index contributed by atoms with van der Waals surface area (Å²) >= 11 is 12.0. The molecule has 1 fully saturated rings. The average molecular weight is 670 g/mol. The molecule has 2 aromatic carbocycles. The van der Waals surface area contributed by atoms with Gasteiger partial charge in [0.15, 0.2) is 11.9 Å². The first-order valence-electron chi connectivity index (χ1n) is 14.6. The van der Waals surface area contributed by atoms with Crippen molar-refractivity contribution in [2.75, 3.05) is 25.5 Å². The van der Waals surface area contributed by atoms with E-state index in [4.69, 9.17) is 23.2 Å². The fourth-order valence-electron chi connectivity index (χ4n) is 4.14. The number of hydrogen-bond acceptors (Lipinski definition) is 7. The van der Waals surface area contributed by atoms with Crippen molar-refractivity contribution in [3.8, 4) is 0 Å². The minimum absolute atomic E-state index is 0.0132. The number of esters is 1. The van der Waals surface area contributed by atoms with Crippen LogP contribution in [-0.4, -0.2) is 67.3 Å². The molecule has 2 aromatic rings. The predicted molar refractivity (Wildman–Crippen MR) is 178 cm³/mol. The first kappa shape index (κ1) is 40.0. The molecule has 3 rings (SSSR count). The van der Waals surface area contributed by atoms with E-state index in [-0.39, 0.29) is 23.5 Å². The standard InChI is InChI=1S/C22H25Cl2FN4O2.C6H10O3.C5H12/c1-13(17-4-3-5-18(24)20(17)25)21(22(31)28-16-10-29(2)11-16)26-9-14-6-7-15(23)8-19(14)27-12-30;1-5(8)9-6(2,3)4-7;1-5(2,3)4/h3-8,12-13,16,21,26H,9-11H2,1-2H3,(H,27,30)(H,28,31);4H,1-3H3;1-4H3/t13?,21-;;/m1../s1. The summed E-state index contributed by atoms with van der Waals surface area (Å²) < 4.78 is 19.3. The smallest absolute Gasteiger partial charge is 0.303 e. The van der Waals surface area contributed by atoms with E-state index in [2.05, 4.69) is 53.3 Å². The first-order chi connectivity index (χ1) is 20.8. The Morgan fingerprint density at radius 2 is 1.69 bits per heavy atom. The lowest BCUT2D eigenvalue weighted by Crippen LogP contribution is -2.60. The van der Waals surface area contributed by atoms with Gasteiger partial charge in [-0.25, -0.2) is 4.39 Å². The molecule has 1 saturated heterocycles. The highest BCUT2D eigenvalue weighted by molar-refractivity contribution is 6.31. The number of carbonyl (C=O) groups excluding carboxylic acids is 4. The van der Waals surface area contributed by atoms with Gasteiger partial charge in [-0.1, -0.05) is 76.0 Å². The van der Waals surface area contributed by atoms with Crippen LogP contribution in [-0.2, 0) is 30.5 Å². The zero-order valence-corrected chi connectivity index (χ0v) is 29.1. The van der Waals surface area contributed by atoms with Gasteiger partial charge in [-0.3, -0.25) is 19.2 Å². The van der Waals surface area contributed by atoms with Crippen molar-refractivity contribution in [2.24, 2.45) is 5.41 Å². The van der Waals surface area contributed by atoms with Gasteiger partial charge in [0.25, 0.3) is 0 Å². The SMILES string of the molecule is CC(=O)OC(C)(C)C=O.CC(C)(C)C.CC(c1cccc(Cl)c1F)[C@@H](NCc1ccc(Cl)cc1NC=O)C(=O)NC1CN(C)C1. The molecule has 1 heterocycles. The van der Waals surface area contributed by atoms with Crippen LogP contribution in [0.25, 0.3) is 0 Å². The summed E-state index contributed by atoms with van der Waals surface area (Å²) in [5.41, 5.74) is 1.17. The molecule has 0 aromatic heterocycles. The first-order valence-corrected chi connectivity index (χ1v) is 15.3. The molecule has 0 bridgehead atoms. The Morgan fingerprint density at radius 3 is 2.18 bits per heavy atom. The Labute approximate surface area is 276 Å². The highest BCUT2D eigenvalue weighted by Crippen LogP contribution is 2.28. The summed E-state index contributed by atoms with van der Waals surface area (Å²) in [4.78, 5) is 46.5. The van der Waals surface area contributed by atoms with Crippen molar-refractivity contribution in [2.45, 2.75) is 85.5 Å². The molecule has 2 amide bonds. The maximum Gasteiger partial charge on any atom is 0.303 e. The zero-order chi connectivity index (χ0) is 34.5. The third kappa shape index (κ3) is 15.2. The third-order valence-electron chi connectivity index (χ3n) is 6.15. The molecule has 0 radical (unpaired) electrons. The van der Waals surface area contributed by atoms with Crippen LogP contribution in [0.15, 0.2) is 36.4 Å². The van der Waals surface area contributed by atoms with Crippen LogP contribution in [0, 0.1) is 11.2 Å². The number of halogens is 3. The van der Waals surface area contributed by atoms with E-state index in [9.17, 15) is 23.6 Å². The molecule has 0 saturated carbocycles. The van der Waals surface area contributed by atoms with E-state index in [1.54, 1.807) is 37.3 Å². The van der Waals surface area contributed by atoms with Crippen molar-refractivity contribution < 1.29 is 28.3 Å². The molecule has 250 valence electrons. The van der Waals surface area contributed by atoms with E-state index in [0.29, 0.717) is 34.4 Å². The molecule has 45 heavy (non-hydrogen) atoms. The number of carbonyl (C=O) groups is 4. The van der Waals surface area contributed by atoms with Gasteiger partial charge in [-0.15, -0.1) is 0 Å². The van der Waals surface area contributed by atoms with E-state index in [0.717, 1.165) is 18.7 Å². The summed E-state index contributed by atoms with van der Waals surface area (Å²) in [5, 5.41) is 9.36. The molecular formula is C33H47Cl2FN4O5. The van der Waals surface area contributed by atoms with Crippen LogP contribution >= 0.6 is 23.2 Å². The molecule has 3 N–H and O–H groups in total. The van der Waals surface area contributed by atoms with Gasteiger partial charge in [0, 0.05) is 43.2 Å². The Balaban J connectivity index is 0.000000603. The van der Waals surface area contributed by atoms with Gasteiger partial charge >= 0.3 is 5.97 Å². The number of likely N-dealkylation sites (tertiary alicyclic amines) is 1. The van der Waals surface area contributed by atoms with E-state index >= 15 is 0 Å². The second kappa shape index (κ2) is 18.2. The number of nitrogens with one attached hydrogen (secondary N) is 3. The minimum Gasteiger partial charge on any atom is -0.452 e. The quantitative estimate of drug-likeness (QED) is 0.199. The van der Waals surface area contributed by atoms with Crippen LogP contribution < -0.4 is 16.0 Å². The Kier molecular flexibility index (Phi) is 16.2. The molecule has 1 aliphatic heterocycles. The Bertz CT molecular complexity index is 1290. The largest absolute Gasteiger partial charge is 0.452 e. The van der Waals surface area contributed by atoms with Crippen molar-refractivity contribution in [3.63, 3.8) is 0 Å². The fourth-order valence-corrected chi connectivity index (χ4v) is 4.50. The number of rotatable bonds is 11. The number of hydrogen-bond donors (Lipinski definition) is 3. The van der Waals surface area contributed by atoms with Gasteiger partial charge < -0.3 is 25.6 Å². The van der Waals surface area contributed by atoms with Gasteiger partial charge in [-0.2, -0.15) is 0 Å². The highest BCUT2D eigenvalue weighted by atomic mass is 35.5. The van der Waals surface area contributed by atoms with E-state index < -0.39 is 29.3 Å². The summed E-state index contributed by atoms with van der Waals surface area (Å²) in [7, 11) is 1.98. The summed E-state index contributed by atoms with van der Waals surface area (Å²) in [6.07, 6.45) is 1.16. The molecule has 12 heteroatoms. The molecule has 1 aliphatic rings. The van der Waals surface area contributed by atoms with Crippen LogP contribution in [0.4, 0.5) is 10.1 Å². The summed E-state index contributed by atoms with van der Waals surface area (Å²) in [6.45, 7) is 16.7. The number of likely N-dealkylation sites (N-methyl/N-ethyl adjacent to an activating group) is 1. The van der Waals surface area contributed by atoms with Crippen LogP contribution in [0.1, 0.15) is 72.4 Å². The summed E-state index contributed by atoms with van der Waals surface area (Å²) in [5.74, 6) is -1.68. The second-order valence-corrected chi connectivity index (χ2v) is 13.9. The van der Waals surface area contributed by atoms with Crippen molar-refractivity contribution in [1.29, 1.82) is 0 Å². The topological polar surface area (TPSA) is 117 Å². The lowest BCUT2D eigenvalue weighted by atomic mass is 9.91. The lowest BCUT2D eigenvalue weighted by molar-refractivity contribution is -0.157. The minimum atomic E-state index is -0.966. The number of anilines is 1. The number of amides is 2. The Hall–Kier alpha value is -3.05. The fraction of sp³-hybridized carbons (Fsp3) is 0.515. The molecule has 0 aliphatic carbocycles. The zero-order valence-electron chi connectivity index (χ0n) is 27.6. The van der Waals surface area contributed by atoms with Gasteiger partial charge in [0.05, 0.1) is 17.1 Å². The monoisotopic (exact) mass is 668 g/mol. The number of ether oxygens (including phenoxy) is 1. The van der Waals surface area contributed by atoms with Crippen LogP contribution in [0.5, 0.6) is 0 Å². The second-order valence-electron chi connectivity index (χ2n) is 13.1. The van der Waals surface area contributed by atoms with Crippen molar-refractivity contribution in [1.82, 2.24) is 15.5 Å². The van der Waals surface area contributed by atoms with Crippen LogP contribution in [0.2, 0.25) is 10.0 Å². The van der Waals surface area contributed by atoms with E-state index in [1.165, 1.54) is 26.8 Å². The third-order valence-corrected chi connectivity index (χ3v) is 6.68. The number of aldehydes is 1. The maximum atomic E-state index is 14.7. The van der Waals surface area contributed by atoms with Crippen molar-refractivity contribution in [3.05, 3.63) is 63.4 Å². The predicted octanol–water partition coefficient (Wildman–Crippen LogP) is 5.97. The van der Waals surface area contributed by atoms with Crippen molar-refractivity contribution >= 4 is 53.5 Å². The van der Waals surface area contributed by atoms with Gasteiger partial charge in [-0.05, 0) is 55.6 Å². The van der Waals surface area contributed by atoms with E-state index in [1.807, 2.05) is 7.05 Å². The maximum absolute atomic E-state index is 14.7. The number of nitrogens with zero attached hydrogens (tertiary/aromatic N) is 1. The molecule has 2 atom stereocenters. The molecule has 1 unspecified atom stereocenters. The molecule has 0 spiro atoms. The van der Waals surface area contributed by atoms with Gasteiger partial charge in [0.2, 0.25) is 12.3 Å². The average Bonchev–Trinajstić information content (AvgIpc) is 2.89. The lowest BCUT2D eigenvalue weighted by Gasteiger charge is -2.38. The van der Waals surface area contributed by atoms with Crippen LogP contribution in [0.3, 0.4) is 0 Å². The van der Waals surface area contributed by atoms with Gasteiger partial charge in [0.1, 0.15) is 5.82 Å². The number of benzene rings is 2. The normalized spacial score (nSPS) is 14.7. The summed E-state index contributed by atoms with van der Waals surface area (Å²) in [6, 6.07) is 9.21. The molecular weight excluding hydrogens is 622 g/mol. The Morgan fingerprint density at radius 1 is 1.09 bits per heavy atom.